The average Bonchev–Trinajstić information content (AvgIpc) is 2.46. The molecule has 6 heteroatoms. The number of hydrogen-bond acceptors (Lipinski definition) is 3. The zero-order chi connectivity index (χ0) is 18.5. The highest BCUT2D eigenvalue weighted by Crippen LogP contribution is 2.57. The topological polar surface area (TPSA) is 64.0 Å². The number of ketones is 1. The molecule has 0 bridgehead atoms. The highest BCUT2D eigenvalue weighted by Gasteiger charge is 2.44. The minimum Gasteiger partial charge on any atom is -0.299 e. The molecule has 0 atom stereocenters. The summed E-state index contributed by atoms with van der Waals surface area (Å²) < 4.78 is 30.1. The molecular weight excluding hydrogens is 344 g/mol. The van der Waals surface area contributed by atoms with Gasteiger partial charge < -0.3 is 0 Å². The van der Waals surface area contributed by atoms with E-state index in [1.54, 1.807) is 24.3 Å². The average molecular weight is 376 g/mol. The maximum Gasteiger partial charge on any atom is 0.421 e. The maximum absolute atomic E-state index is 12.9. The summed E-state index contributed by atoms with van der Waals surface area (Å²) in [6.07, 6.45) is 1.25. The number of carbonyl (C=O) groups is 1. The van der Waals surface area contributed by atoms with Gasteiger partial charge in [0.15, 0.2) is 0 Å². The highest BCUT2D eigenvalue weighted by atomic mass is 32.3. The summed E-state index contributed by atoms with van der Waals surface area (Å²) in [5, 5.41) is 0.0528. The van der Waals surface area contributed by atoms with Gasteiger partial charge in [0.25, 0.3) is 0 Å². The molecule has 0 spiro atoms. The monoisotopic (exact) mass is 375 g/mol. The first-order chi connectivity index (χ1) is 11.0. The fourth-order valence-corrected chi connectivity index (χ4v) is 8.91. The summed E-state index contributed by atoms with van der Waals surface area (Å²) >= 11 is 0. The van der Waals surface area contributed by atoms with Gasteiger partial charge in [0, 0.05) is 16.9 Å². The predicted molar refractivity (Wildman–Crippen MR) is 104 cm³/mol. The van der Waals surface area contributed by atoms with Crippen molar-refractivity contribution in [2.45, 2.75) is 69.8 Å². The molecule has 0 saturated heterocycles. The summed E-state index contributed by atoms with van der Waals surface area (Å²) in [6, 6.07) is 6.72. The molecule has 1 aromatic rings. The molecule has 0 fully saturated rings. The molecule has 0 aliphatic rings. The number of rotatable bonds is 9. The quantitative estimate of drug-likeness (QED) is 0.465. The van der Waals surface area contributed by atoms with Crippen LogP contribution >= 0.6 is 10.3 Å². The number of benzene rings is 1. The first-order valence-electron chi connectivity index (χ1n) is 8.41. The van der Waals surface area contributed by atoms with Gasteiger partial charge in [-0.1, -0.05) is 24.6 Å². The molecule has 24 heavy (non-hydrogen) atoms. The Kier molecular flexibility index (Phi) is 7.50. The molecule has 1 N–H and O–H groups in total. The van der Waals surface area contributed by atoms with Crippen molar-refractivity contribution in [3.8, 4) is 0 Å². The molecular formula is C18H31O4S2+. The van der Waals surface area contributed by atoms with Crippen molar-refractivity contribution in [1.29, 1.82) is 0 Å². The van der Waals surface area contributed by atoms with Crippen LogP contribution in [0.1, 0.15) is 53.0 Å². The van der Waals surface area contributed by atoms with Gasteiger partial charge in [-0.25, -0.2) is 0 Å². The summed E-state index contributed by atoms with van der Waals surface area (Å²) in [7, 11) is -5.76. The Morgan fingerprint density at radius 2 is 1.54 bits per heavy atom. The van der Waals surface area contributed by atoms with E-state index in [9.17, 15) is 13.2 Å². The standard InChI is InChI=1S/C18H30O4S2/c1-7-8-17(19)13-23(14(2)3,15(4)5)22-24(20,21)18-11-9-16(6)10-12-18/h9-12,14-15H,7-8,13H2,1-6H3/p+1. The lowest BCUT2D eigenvalue weighted by Crippen LogP contribution is -2.34. The maximum atomic E-state index is 12.9. The highest BCUT2D eigenvalue weighted by molar-refractivity contribution is 8.33. The normalized spacial score (nSPS) is 13.5. The van der Waals surface area contributed by atoms with E-state index in [0.717, 1.165) is 12.0 Å². The van der Waals surface area contributed by atoms with Crippen LogP contribution in [-0.4, -0.2) is 34.1 Å². The van der Waals surface area contributed by atoms with E-state index in [0.29, 0.717) is 6.42 Å². The van der Waals surface area contributed by atoms with E-state index < -0.39 is 20.4 Å². The lowest BCUT2D eigenvalue weighted by Gasteiger charge is -2.40. The van der Waals surface area contributed by atoms with Gasteiger partial charge in [-0.3, -0.25) is 8.42 Å². The van der Waals surface area contributed by atoms with Crippen molar-refractivity contribution in [3.05, 3.63) is 29.8 Å². The molecule has 0 aliphatic heterocycles. The van der Waals surface area contributed by atoms with E-state index >= 15 is 0 Å². The van der Waals surface area contributed by atoms with Crippen LogP contribution in [0.25, 0.3) is 0 Å². The molecule has 0 radical (unpaired) electrons. The number of carbonyl (C=O) groups excluding carboxylic acids is 1. The number of Topliss-reactive ketones (excluding diaryl/α,β-unsaturated/α-hetero) is 1. The van der Waals surface area contributed by atoms with Crippen LogP contribution in [0.3, 0.4) is 0 Å². The van der Waals surface area contributed by atoms with Crippen LogP contribution in [0, 0.1) is 6.92 Å². The molecule has 138 valence electrons. The van der Waals surface area contributed by atoms with Gasteiger partial charge in [0.1, 0.15) is 10.7 Å². The largest absolute Gasteiger partial charge is 0.421 e. The van der Waals surface area contributed by atoms with Crippen molar-refractivity contribution in [1.82, 2.24) is 0 Å². The van der Waals surface area contributed by atoms with Crippen molar-refractivity contribution in [2.24, 2.45) is 0 Å². The van der Waals surface area contributed by atoms with Gasteiger partial charge in [-0.15, -0.1) is 8.42 Å². The first-order valence-corrected chi connectivity index (χ1v) is 11.7. The zero-order valence-corrected chi connectivity index (χ0v) is 17.2. The van der Waals surface area contributed by atoms with Crippen LogP contribution in [0.5, 0.6) is 0 Å². The lowest BCUT2D eigenvalue weighted by atomic mass is 10.2. The molecule has 0 saturated carbocycles. The van der Waals surface area contributed by atoms with E-state index in [1.807, 2.05) is 41.5 Å². The van der Waals surface area contributed by atoms with E-state index in [4.69, 9.17) is 0 Å². The molecule has 0 aliphatic carbocycles. The third-order valence-electron chi connectivity index (χ3n) is 4.11. The Balaban J connectivity index is 3.24. The fraction of sp³-hybridized carbons (Fsp3) is 0.611. The SMILES string of the molecule is CCCC(=O)CS([OH+]S(=O)(=O)c1ccc(C)cc1)(C(C)C)C(C)C. The Hall–Kier alpha value is -0.850. The summed E-state index contributed by atoms with van der Waals surface area (Å²) in [5.41, 5.74) is 0.999. The minimum absolute atomic E-state index is 0.0264. The van der Waals surface area contributed by atoms with Crippen LogP contribution < -0.4 is 0 Å². The van der Waals surface area contributed by atoms with Crippen molar-refractivity contribution in [2.75, 3.05) is 5.75 Å². The second-order valence-corrected chi connectivity index (χ2v) is 12.5. The fourth-order valence-electron chi connectivity index (χ4n) is 2.62. The summed E-state index contributed by atoms with van der Waals surface area (Å²) in [6.45, 7) is 11.8. The Bertz CT molecular complexity index is 638. The number of hydrogen-bond donors (Lipinski definition) is 0. The molecule has 1 rings (SSSR count). The van der Waals surface area contributed by atoms with Crippen molar-refractivity contribution < 1.29 is 16.8 Å². The smallest absolute Gasteiger partial charge is 0.299 e. The second kappa shape index (κ2) is 8.50. The minimum atomic E-state index is -3.78. The van der Waals surface area contributed by atoms with Gasteiger partial charge in [0.2, 0.25) is 0 Å². The van der Waals surface area contributed by atoms with E-state index in [-0.39, 0.29) is 26.9 Å². The zero-order valence-electron chi connectivity index (χ0n) is 15.6. The molecule has 1 aromatic carbocycles. The van der Waals surface area contributed by atoms with Crippen LogP contribution in [0.2, 0.25) is 0 Å². The molecule has 0 amide bonds. The van der Waals surface area contributed by atoms with Crippen molar-refractivity contribution in [3.63, 3.8) is 0 Å². The van der Waals surface area contributed by atoms with Gasteiger partial charge in [-0.2, -0.15) is 0 Å². The van der Waals surface area contributed by atoms with Crippen LogP contribution in [0.15, 0.2) is 29.2 Å². The van der Waals surface area contributed by atoms with E-state index in [1.165, 1.54) is 0 Å². The summed E-state index contributed by atoms with van der Waals surface area (Å²) in [4.78, 5) is 12.5. The Labute approximate surface area is 148 Å². The van der Waals surface area contributed by atoms with Gasteiger partial charge in [-0.05, 0) is 63.5 Å². The van der Waals surface area contributed by atoms with E-state index in [2.05, 4.69) is 3.63 Å². The van der Waals surface area contributed by atoms with Crippen LogP contribution in [-0.2, 0) is 14.9 Å². The third kappa shape index (κ3) is 5.07. The molecule has 4 nitrogen and oxygen atoms in total. The van der Waals surface area contributed by atoms with Crippen LogP contribution in [0.4, 0.5) is 0 Å². The van der Waals surface area contributed by atoms with Crippen molar-refractivity contribution >= 4 is 26.2 Å². The Morgan fingerprint density at radius 1 is 1.04 bits per heavy atom. The lowest BCUT2D eigenvalue weighted by molar-refractivity contribution is -0.116. The number of aryl methyl sites for hydroxylation is 1. The third-order valence-corrected chi connectivity index (χ3v) is 10.9. The molecule has 0 aromatic heterocycles. The predicted octanol–water partition coefficient (Wildman–Crippen LogP) is 4.68. The summed E-state index contributed by atoms with van der Waals surface area (Å²) in [5.74, 6) is 0.360. The molecule has 0 unspecified atom stereocenters. The van der Waals surface area contributed by atoms with Gasteiger partial charge >= 0.3 is 10.1 Å². The Morgan fingerprint density at radius 3 is 1.96 bits per heavy atom. The second-order valence-electron chi connectivity index (χ2n) is 6.70. The first kappa shape index (κ1) is 21.2. The molecule has 0 heterocycles. The van der Waals surface area contributed by atoms with Gasteiger partial charge in [0.05, 0.1) is 5.75 Å².